The molecule has 1 aromatic heterocycles. The van der Waals surface area contributed by atoms with Crippen LogP contribution >= 0.6 is 11.6 Å². The van der Waals surface area contributed by atoms with E-state index in [9.17, 15) is 9.59 Å². The molecule has 3 rings (SSSR count). The van der Waals surface area contributed by atoms with Gasteiger partial charge in [0.25, 0.3) is 5.91 Å². The molecule has 0 aliphatic heterocycles. The van der Waals surface area contributed by atoms with Crippen molar-refractivity contribution in [3.05, 3.63) is 57.9 Å². The Labute approximate surface area is 158 Å². The number of benzene rings is 1. The van der Waals surface area contributed by atoms with E-state index in [0.29, 0.717) is 22.2 Å². The highest BCUT2D eigenvalue weighted by Gasteiger charge is 2.29. The van der Waals surface area contributed by atoms with Crippen LogP contribution in [0.5, 0.6) is 0 Å². The highest BCUT2D eigenvalue weighted by molar-refractivity contribution is 6.31. The number of rotatable bonds is 6. The summed E-state index contributed by atoms with van der Waals surface area (Å²) in [5.41, 5.74) is 3.37. The normalized spacial score (nSPS) is 14.8. The zero-order chi connectivity index (χ0) is 18.8. The largest absolute Gasteiger partial charge is 0.469 e. The second-order valence-electron chi connectivity index (χ2n) is 6.71. The molecule has 0 radical (unpaired) electrons. The minimum atomic E-state index is -0.548. The van der Waals surface area contributed by atoms with Gasteiger partial charge in [0.05, 0.1) is 25.1 Å². The van der Waals surface area contributed by atoms with E-state index < -0.39 is 12.0 Å². The molecule has 1 saturated carbocycles. The van der Waals surface area contributed by atoms with Crippen LogP contribution < -0.4 is 5.32 Å². The average Bonchev–Trinajstić information content (AvgIpc) is 3.39. The second kappa shape index (κ2) is 7.54. The maximum absolute atomic E-state index is 12.9. The molecule has 2 aromatic rings. The molecule has 0 bridgehead atoms. The molecule has 138 valence electrons. The van der Waals surface area contributed by atoms with Gasteiger partial charge in [0.1, 0.15) is 0 Å². The van der Waals surface area contributed by atoms with Gasteiger partial charge in [-0.25, -0.2) is 0 Å². The van der Waals surface area contributed by atoms with E-state index in [2.05, 4.69) is 9.88 Å². The molecule has 1 fully saturated rings. The summed E-state index contributed by atoms with van der Waals surface area (Å²) in [4.78, 5) is 24.7. The number of hydrogen-bond acceptors (Lipinski definition) is 3. The predicted molar refractivity (Wildman–Crippen MR) is 100 cm³/mol. The summed E-state index contributed by atoms with van der Waals surface area (Å²) < 4.78 is 7.00. The second-order valence-corrected chi connectivity index (χ2v) is 7.12. The lowest BCUT2D eigenvalue weighted by Gasteiger charge is -2.19. The first-order chi connectivity index (χ1) is 12.4. The van der Waals surface area contributed by atoms with Crippen LogP contribution in [-0.4, -0.2) is 23.6 Å². The van der Waals surface area contributed by atoms with Crippen molar-refractivity contribution in [2.45, 2.75) is 45.2 Å². The lowest BCUT2D eigenvalue weighted by Crippen LogP contribution is -2.31. The third-order valence-electron chi connectivity index (χ3n) is 4.83. The van der Waals surface area contributed by atoms with Crippen LogP contribution in [0.4, 0.5) is 0 Å². The minimum Gasteiger partial charge on any atom is -0.469 e. The Morgan fingerprint density at radius 3 is 2.62 bits per heavy atom. The number of amides is 1. The number of hydrogen-bond donors (Lipinski definition) is 1. The fourth-order valence-electron chi connectivity index (χ4n) is 3.38. The van der Waals surface area contributed by atoms with Crippen LogP contribution in [0.25, 0.3) is 0 Å². The van der Waals surface area contributed by atoms with Crippen molar-refractivity contribution >= 4 is 23.5 Å². The minimum absolute atomic E-state index is 0.0212. The number of halogens is 1. The van der Waals surface area contributed by atoms with Crippen LogP contribution in [0.3, 0.4) is 0 Å². The number of esters is 1. The first-order valence-electron chi connectivity index (χ1n) is 8.73. The number of methoxy groups -OCH3 is 1. The number of aryl methyl sites for hydroxylation is 1. The van der Waals surface area contributed by atoms with Crippen LogP contribution in [0.2, 0.25) is 5.02 Å². The molecule has 1 heterocycles. The van der Waals surface area contributed by atoms with Crippen molar-refractivity contribution in [1.82, 2.24) is 9.88 Å². The fourth-order valence-corrected chi connectivity index (χ4v) is 3.65. The van der Waals surface area contributed by atoms with Crippen LogP contribution in [-0.2, 0) is 9.53 Å². The molecule has 1 N–H and O–H groups in total. The zero-order valence-electron chi connectivity index (χ0n) is 15.2. The Bertz CT molecular complexity index is 840. The van der Waals surface area contributed by atoms with Crippen molar-refractivity contribution in [3.8, 4) is 0 Å². The maximum atomic E-state index is 12.9. The van der Waals surface area contributed by atoms with Gasteiger partial charge in [-0.2, -0.15) is 0 Å². The molecular formula is C20H23ClN2O3. The van der Waals surface area contributed by atoms with E-state index in [1.54, 1.807) is 6.07 Å². The van der Waals surface area contributed by atoms with Gasteiger partial charge in [-0.3, -0.25) is 9.59 Å². The predicted octanol–water partition coefficient (Wildman–Crippen LogP) is 4.13. The van der Waals surface area contributed by atoms with Crippen molar-refractivity contribution in [2.75, 3.05) is 7.11 Å². The van der Waals surface area contributed by atoms with Crippen LogP contribution in [0.1, 0.15) is 58.7 Å². The van der Waals surface area contributed by atoms with Crippen molar-refractivity contribution in [1.29, 1.82) is 0 Å². The molecule has 5 nitrogen and oxygen atoms in total. The monoisotopic (exact) mass is 374 g/mol. The molecule has 1 aromatic carbocycles. The Balaban J connectivity index is 1.87. The molecule has 1 unspecified atom stereocenters. The number of carbonyl (C=O) groups excluding carboxylic acids is 2. The first kappa shape index (κ1) is 18.5. The lowest BCUT2D eigenvalue weighted by atomic mass is 10.0. The summed E-state index contributed by atoms with van der Waals surface area (Å²) >= 11 is 6.28. The first-order valence-corrected chi connectivity index (χ1v) is 9.10. The van der Waals surface area contributed by atoms with Gasteiger partial charge >= 0.3 is 5.97 Å². The van der Waals surface area contributed by atoms with E-state index in [1.807, 2.05) is 38.1 Å². The number of nitrogens with zero attached hydrogens (tertiary/aromatic N) is 1. The molecule has 0 spiro atoms. The summed E-state index contributed by atoms with van der Waals surface area (Å²) in [5.74, 6) is -0.613. The fraction of sp³-hybridized carbons (Fsp3) is 0.400. The zero-order valence-corrected chi connectivity index (χ0v) is 16.0. The maximum Gasteiger partial charge on any atom is 0.307 e. The standard InChI is InChI=1S/C20H23ClN2O3/c1-12-10-16(13(2)23(12)14-8-9-14)20(25)22-18(11-19(24)26-3)15-6-4-5-7-17(15)21/h4-7,10,14,18H,8-9,11H2,1-3H3,(H,22,25). The molecule has 1 aliphatic rings. The molecule has 26 heavy (non-hydrogen) atoms. The SMILES string of the molecule is COC(=O)CC(NC(=O)c1cc(C)n(C2CC2)c1C)c1ccccc1Cl. The van der Waals surface area contributed by atoms with E-state index >= 15 is 0 Å². The lowest BCUT2D eigenvalue weighted by molar-refractivity contribution is -0.141. The van der Waals surface area contributed by atoms with Gasteiger partial charge in [-0.15, -0.1) is 0 Å². The van der Waals surface area contributed by atoms with Crippen molar-refractivity contribution in [2.24, 2.45) is 0 Å². The number of nitrogens with one attached hydrogen (secondary N) is 1. The Morgan fingerprint density at radius 2 is 2.00 bits per heavy atom. The average molecular weight is 375 g/mol. The van der Waals surface area contributed by atoms with Crippen molar-refractivity contribution in [3.63, 3.8) is 0 Å². The van der Waals surface area contributed by atoms with E-state index in [-0.39, 0.29) is 12.3 Å². The quantitative estimate of drug-likeness (QED) is 0.773. The van der Waals surface area contributed by atoms with E-state index in [1.165, 1.54) is 7.11 Å². The molecular weight excluding hydrogens is 352 g/mol. The highest BCUT2D eigenvalue weighted by Crippen LogP contribution is 2.38. The van der Waals surface area contributed by atoms with Crippen molar-refractivity contribution < 1.29 is 14.3 Å². The summed E-state index contributed by atoms with van der Waals surface area (Å²) in [6, 6.07) is 9.06. The number of aromatic nitrogens is 1. The van der Waals surface area contributed by atoms with Crippen LogP contribution in [0.15, 0.2) is 30.3 Å². The van der Waals surface area contributed by atoms with Gasteiger partial charge < -0.3 is 14.6 Å². The van der Waals surface area contributed by atoms with E-state index in [4.69, 9.17) is 16.3 Å². The van der Waals surface area contributed by atoms with Gasteiger partial charge in [0.2, 0.25) is 0 Å². The molecule has 1 atom stereocenters. The molecule has 1 aliphatic carbocycles. The topological polar surface area (TPSA) is 60.3 Å². The van der Waals surface area contributed by atoms with Gasteiger partial charge in [-0.05, 0) is 44.4 Å². The highest BCUT2D eigenvalue weighted by atomic mass is 35.5. The van der Waals surface area contributed by atoms with Gasteiger partial charge in [-0.1, -0.05) is 29.8 Å². The van der Waals surface area contributed by atoms with E-state index in [0.717, 1.165) is 24.2 Å². The third-order valence-corrected chi connectivity index (χ3v) is 5.17. The molecule has 0 saturated heterocycles. The smallest absolute Gasteiger partial charge is 0.307 e. The Kier molecular flexibility index (Phi) is 5.37. The summed E-state index contributed by atoms with van der Waals surface area (Å²) in [6.07, 6.45) is 2.33. The van der Waals surface area contributed by atoms with Gasteiger partial charge in [0, 0.05) is 22.5 Å². The number of ether oxygens (including phenoxy) is 1. The molecule has 6 heteroatoms. The molecule has 1 amide bonds. The van der Waals surface area contributed by atoms with Gasteiger partial charge in [0.15, 0.2) is 0 Å². The summed E-state index contributed by atoms with van der Waals surface area (Å²) in [6.45, 7) is 3.98. The number of carbonyl (C=O) groups is 2. The van der Waals surface area contributed by atoms with Crippen LogP contribution in [0, 0.1) is 13.8 Å². The summed E-state index contributed by atoms with van der Waals surface area (Å²) in [7, 11) is 1.33. The third kappa shape index (κ3) is 3.78. The Hall–Kier alpha value is -2.27. The Morgan fingerprint density at radius 1 is 1.31 bits per heavy atom. The summed E-state index contributed by atoms with van der Waals surface area (Å²) in [5, 5.41) is 3.46.